The number of aromatic nitrogens is 1. The van der Waals surface area contributed by atoms with Gasteiger partial charge in [0.15, 0.2) is 0 Å². The van der Waals surface area contributed by atoms with E-state index >= 15 is 0 Å². The van der Waals surface area contributed by atoms with Gasteiger partial charge in [0, 0.05) is 37.2 Å². The smallest absolute Gasteiger partial charge is 0.300 e. The van der Waals surface area contributed by atoms with E-state index in [-0.39, 0.29) is 11.3 Å². The molecule has 7 nitrogen and oxygen atoms in total. The molecule has 0 saturated carbocycles. The number of ether oxygens (including phenoxy) is 1. The molecule has 3 aromatic rings. The number of benzene rings is 2. The van der Waals surface area contributed by atoms with Gasteiger partial charge in [-0.2, -0.15) is 0 Å². The third kappa shape index (κ3) is 4.89. The fourth-order valence-electron chi connectivity index (χ4n) is 3.96. The van der Waals surface area contributed by atoms with E-state index in [0.717, 1.165) is 5.69 Å². The Hall–Kier alpha value is -4.13. The van der Waals surface area contributed by atoms with Crippen molar-refractivity contribution in [2.45, 2.75) is 19.9 Å². The van der Waals surface area contributed by atoms with Gasteiger partial charge in [-0.25, -0.2) is 0 Å². The first-order valence-corrected chi connectivity index (χ1v) is 11.5. The van der Waals surface area contributed by atoms with Gasteiger partial charge >= 0.3 is 0 Å². The maximum atomic E-state index is 13.2. The normalized spacial score (nSPS) is 17.2. The predicted octanol–water partition coefficient (Wildman–Crippen LogP) is 4.81. The minimum Gasteiger partial charge on any atom is -0.507 e. The lowest BCUT2D eigenvalue weighted by molar-refractivity contribution is -0.132. The molecule has 2 heterocycles. The molecule has 2 aromatic carbocycles. The Kier molecular flexibility index (Phi) is 6.87. The number of nitrogens with zero attached hydrogens (tertiary/aromatic N) is 3. The highest BCUT2D eigenvalue weighted by Crippen LogP contribution is 2.41. The van der Waals surface area contributed by atoms with Crippen LogP contribution in [-0.4, -0.2) is 42.5 Å². The maximum absolute atomic E-state index is 13.2. The summed E-state index contributed by atoms with van der Waals surface area (Å²) < 4.78 is 5.72. The number of Topliss-reactive ketones (excluding diaryl/α,β-unsaturated/α-hetero) is 1. The van der Waals surface area contributed by atoms with Gasteiger partial charge in [0.2, 0.25) is 0 Å². The third-order valence-corrected chi connectivity index (χ3v) is 5.77. The Labute approximate surface area is 205 Å². The van der Waals surface area contributed by atoms with E-state index in [2.05, 4.69) is 18.8 Å². The molecule has 1 saturated heterocycles. The molecule has 1 N–H and O–H groups in total. The van der Waals surface area contributed by atoms with Crippen molar-refractivity contribution in [3.63, 3.8) is 0 Å². The Morgan fingerprint density at radius 1 is 1.03 bits per heavy atom. The minimum atomic E-state index is -0.863. The van der Waals surface area contributed by atoms with Crippen molar-refractivity contribution in [2.24, 2.45) is 5.92 Å². The van der Waals surface area contributed by atoms with Crippen molar-refractivity contribution in [1.29, 1.82) is 0 Å². The second-order valence-corrected chi connectivity index (χ2v) is 9.06. The summed E-state index contributed by atoms with van der Waals surface area (Å²) in [5, 5.41) is 11.2. The zero-order chi connectivity index (χ0) is 25.1. The highest BCUT2D eigenvalue weighted by molar-refractivity contribution is 6.51. The Bertz CT molecular complexity index is 1230. The SMILES string of the molecule is CC(C)COc1ccc(/C(O)=C2/C(=O)C(=O)N(c3ccc(N(C)C)cc3)C2c2ccccn2)cc1. The lowest BCUT2D eigenvalue weighted by Crippen LogP contribution is -2.29. The highest BCUT2D eigenvalue weighted by atomic mass is 16.5. The number of carbonyl (C=O) groups excluding carboxylic acids is 2. The predicted molar refractivity (Wildman–Crippen MR) is 137 cm³/mol. The molecule has 0 spiro atoms. The molecule has 7 heteroatoms. The summed E-state index contributed by atoms with van der Waals surface area (Å²) in [5.74, 6) is -0.671. The van der Waals surface area contributed by atoms with Crippen LogP contribution >= 0.6 is 0 Å². The van der Waals surface area contributed by atoms with Crippen LogP contribution in [0.15, 0.2) is 78.5 Å². The average molecular weight is 472 g/mol. The molecule has 1 atom stereocenters. The van der Waals surface area contributed by atoms with Gasteiger partial charge in [0.1, 0.15) is 17.6 Å². The van der Waals surface area contributed by atoms with Gasteiger partial charge in [0.25, 0.3) is 11.7 Å². The molecule has 0 bridgehead atoms. The molecule has 180 valence electrons. The van der Waals surface area contributed by atoms with E-state index in [9.17, 15) is 14.7 Å². The van der Waals surface area contributed by atoms with Crippen LogP contribution in [0.25, 0.3) is 5.76 Å². The summed E-state index contributed by atoms with van der Waals surface area (Å²) in [5.41, 5.74) is 2.41. The molecule has 1 fully saturated rings. The largest absolute Gasteiger partial charge is 0.507 e. The first kappa shape index (κ1) is 24.0. The second kappa shape index (κ2) is 10.0. The fourth-order valence-corrected chi connectivity index (χ4v) is 3.96. The first-order valence-electron chi connectivity index (χ1n) is 11.5. The van der Waals surface area contributed by atoms with Crippen molar-refractivity contribution < 1.29 is 19.4 Å². The van der Waals surface area contributed by atoms with Gasteiger partial charge < -0.3 is 14.7 Å². The van der Waals surface area contributed by atoms with Gasteiger partial charge in [0.05, 0.1) is 17.9 Å². The molecule has 1 aliphatic rings. The van der Waals surface area contributed by atoms with Crippen LogP contribution in [0.5, 0.6) is 5.75 Å². The summed E-state index contributed by atoms with van der Waals surface area (Å²) in [6, 6.07) is 18.6. The van der Waals surface area contributed by atoms with Crippen molar-refractivity contribution in [3.8, 4) is 5.75 Å². The number of amides is 1. The molecule has 1 aromatic heterocycles. The van der Waals surface area contributed by atoms with Gasteiger partial charge in [-0.15, -0.1) is 0 Å². The summed E-state index contributed by atoms with van der Waals surface area (Å²) in [6.07, 6.45) is 1.60. The number of rotatable bonds is 7. The number of aliphatic hydroxyl groups is 1. The Morgan fingerprint density at radius 3 is 2.29 bits per heavy atom. The number of hydrogen-bond donors (Lipinski definition) is 1. The highest BCUT2D eigenvalue weighted by Gasteiger charge is 2.47. The summed E-state index contributed by atoms with van der Waals surface area (Å²) in [6.45, 7) is 4.69. The van der Waals surface area contributed by atoms with Crippen molar-refractivity contribution >= 4 is 28.8 Å². The molecule has 4 rings (SSSR count). The van der Waals surface area contributed by atoms with Crippen LogP contribution in [0.2, 0.25) is 0 Å². The van der Waals surface area contributed by atoms with E-state index < -0.39 is 17.7 Å². The Morgan fingerprint density at radius 2 is 1.71 bits per heavy atom. The van der Waals surface area contributed by atoms with Crippen LogP contribution in [0.1, 0.15) is 31.1 Å². The monoisotopic (exact) mass is 471 g/mol. The number of hydrogen-bond acceptors (Lipinski definition) is 6. The molecule has 1 unspecified atom stereocenters. The van der Waals surface area contributed by atoms with Crippen LogP contribution in [0, 0.1) is 5.92 Å². The van der Waals surface area contributed by atoms with E-state index in [1.165, 1.54) is 4.90 Å². The second-order valence-electron chi connectivity index (χ2n) is 9.06. The zero-order valence-electron chi connectivity index (χ0n) is 20.3. The van der Waals surface area contributed by atoms with Gasteiger partial charge in [-0.05, 0) is 66.6 Å². The van der Waals surface area contributed by atoms with E-state index in [1.807, 2.05) is 31.1 Å². The molecular formula is C28H29N3O4. The van der Waals surface area contributed by atoms with E-state index in [0.29, 0.717) is 35.2 Å². The topological polar surface area (TPSA) is 83.0 Å². The number of pyridine rings is 1. The summed E-state index contributed by atoms with van der Waals surface area (Å²) in [4.78, 5) is 34.2. The van der Waals surface area contributed by atoms with Crippen molar-refractivity contribution in [1.82, 2.24) is 4.98 Å². The molecule has 1 aliphatic heterocycles. The number of carbonyl (C=O) groups is 2. The summed E-state index contributed by atoms with van der Waals surface area (Å²) in [7, 11) is 3.85. The molecule has 0 radical (unpaired) electrons. The standard InChI is InChI=1S/C28H29N3O4/c1-18(2)17-35-22-14-8-19(9-15-22)26(32)24-25(23-7-5-6-16-29-23)31(28(34)27(24)33)21-12-10-20(11-13-21)30(3)4/h5-16,18,25,32H,17H2,1-4H3/b26-24-. The summed E-state index contributed by atoms with van der Waals surface area (Å²) >= 11 is 0. The lowest BCUT2D eigenvalue weighted by Gasteiger charge is -2.25. The average Bonchev–Trinajstić information content (AvgIpc) is 3.13. The molecule has 0 aliphatic carbocycles. The number of ketones is 1. The number of aliphatic hydroxyl groups excluding tert-OH is 1. The first-order chi connectivity index (χ1) is 16.8. The molecule has 1 amide bonds. The van der Waals surface area contributed by atoms with Crippen molar-refractivity contribution in [3.05, 3.63) is 89.8 Å². The van der Waals surface area contributed by atoms with E-state index in [1.54, 1.807) is 60.8 Å². The van der Waals surface area contributed by atoms with Crippen LogP contribution < -0.4 is 14.5 Å². The van der Waals surface area contributed by atoms with Gasteiger partial charge in [-0.3, -0.25) is 19.5 Å². The molecule has 35 heavy (non-hydrogen) atoms. The van der Waals surface area contributed by atoms with Crippen LogP contribution in [-0.2, 0) is 9.59 Å². The van der Waals surface area contributed by atoms with Crippen molar-refractivity contribution in [2.75, 3.05) is 30.5 Å². The number of anilines is 2. The van der Waals surface area contributed by atoms with Gasteiger partial charge in [-0.1, -0.05) is 19.9 Å². The zero-order valence-corrected chi connectivity index (χ0v) is 20.3. The molecular weight excluding hydrogens is 442 g/mol. The Balaban J connectivity index is 1.78. The fraction of sp³-hybridized carbons (Fsp3) is 0.250. The lowest BCUT2D eigenvalue weighted by atomic mass is 9.98. The third-order valence-electron chi connectivity index (χ3n) is 5.77. The van der Waals surface area contributed by atoms with Crippen LogP contribution in [0.4, 0.5) is 11.4 Å². The van der Waals surface area contributed by atoms with E-state index in [4.69, 9.17) is 4.74 Å². The quantitative estimate of drug-likeness (QED) is 0.303. The van der Waals surface area contributed by atoms with Crippen LogP contribution in [0.3, 0.4) is 0 Å². The maximum Gasteiger partial charge on any atom is 0.300 e. The minimum absolute atomic E-state index is 0.00114.